The Morgan fingerprint density at radius 2 is 1.94 bits per heavy atom. The predicted molar refractivity (Wildman–Crippen MR) is 76.7 cm³/mol. The Morgan fingerprint density at radius 3 is 2.44 bits per heavy atom. The monoisotopic (exact) mass is 245 g/mol. The topological polar surface area (TPSA) is 21.3 Å². The lowest BCUT2D eigenvalue weighted by molar-refractivity contribution is 0.340. The van der Waals surface area contributed by atoms with Crippen molar-refractivity contribution in [1.29, 1.82) is 0 Å². The Morgan fingerprint density at radius 1 is 1.28 bits per heavy atom. The Kier molecular flexibility index (Phi) is 6.32. The molecule has 2 unspecified atom stereocenters. The number of nitrogens with one attached hydrogen (secondary N) is 1. The fourth-order valence-electron chi connectivity index (χ4n) is 1.93. The van der Waals surface area contributed by atoms with E-state index in [1.807, 2.05) is 19.1 Å². The molecule has 0 fully saturated rings. The normalized spacial score (nSPS) is 13.7. The fraction of sp³-hybridized carbons (Fsp3) is 0.500. The van der Waals surface area contributed by atoms with Crippen molar-refractivity contribution >= 4 is 0 Å². The summed E-state index contributed by atoms with van der Waals surface area (Å²) in [5.41, 5.74) is 1.26. The van der Waals surface area contributed by atoms with E-state index in [0.29, 0.717) is 18.7 Å². The highest BCUT2D eigenvalue weighted by Gasteiger charge is 2.10. The molecular weight excluding hydrogens is 222 g/mol. The van der Waals surface area contributed by atoms with Crippen LogP contribution in [0.25, 0.3) is 0 Å². The van der Waals surface area contributed by atoms with E-state index in [0.717, 1.165) is 18.6 Å². The molecule has 0 aliphatic rings. The summed E-state index contributed by atoms with van der Waals surface area (Å²) in [6.07, 6.45) is 7.19. The van der Waals surface area contributed by atoms with Crippen LogP contribution < -0.4 is 10.1 Å². The van der Waals surface area contributed by atoms with Crippen LogP contribution in [0.1, 0.15) is 45.2 Å². The average Bonchev–Trinajstić information content (AvgIpc) is 2.39. The average molecular weight is 245 g/mol. The molecule has 2 nitrogen and oxygen atoms in total. The lowest BCUT2D eigenvalue weighted by atomic mass is 10.1. The molecule has 0 bridgehead atoms. The molecule has 1 rings (SSSR count). The number of ether oxygens (including phenoxy) is 1. The van der Waals surface area contributed by atoms with E-state index in [2.05, 4.69) is 37.2 Å². The highest BCUT2D eigenvalue weighted by Crippen LogP contribution is 2.18. The minimum Gasteiger partial charge on any atom is -0.494 e. The number of hydrogen-bond acceptors (Lipinski definition) is 2. The van der Waals surface area contributed by atoms with Gasteiger partial charge >= 0.3 is 0 Å². The first-order valence-corrected chi connectivity index (χ1v) is 6.63. The lowest BCUT2D eigenvalue weighted by Gasteiger charge is -2.21. The third-order valence-corrected chi connectivity index (χ3v) is 3.03. The maximum atomic E-state index is 5.43. The second-order valence-corrected chi connectivity index (χ2v) is 4.40. The van der Waals surface area contributed by atoms with E-state index in [1.54, 1.807) is 0 Å². The first-order chi connectivity index (χ1) is 8.71. The highest BCUT2D eigenvalue weighted by atomic mass is 16.5. The zero-order valence-electron chi connectivity index (χ0n) is 11.6. The van der Waals surface area contributed by atoms with E-state index in [-0.39, 0.29) is 0 Å². The van der Waals surface area contributed by atoms with Crippen LogP contribution >= 0.6 is 0 Å². The van der Waals surface area contributed by atoms with E-state index in [1.165, 1.54) is 5.56 Å². The van der Waals surface area contributed by atoms with E-state index >= 15 is 0 Å². The van der Waals surface area contributed by atoms with E-state index < -0.39 is 0 Å². The van der Waals surface area contributed by atoms with Gasteiger partial charge in [-0.1, -0.05) is 19.1 Å². The standard InChI is InChI=1S/C16H23NO/c1-5-8-15(6-2)17-13(4)14-9-11-16(12-10-14)18-7-3/h1,9-13,15,17H,6-8H2,2-4H3. The Labute approximate surface area is 111 Å². The van der Waals surface area contributed by atoms with Crippen LogP contribution in [0.4, 0.5) is 0 Å². The van der Waals surface area contributed by atoms with Crippen molar-refractivity contribution in [3.63, 3.8) is 0 Å². The molecular formula is C16H23NO. The van der Waals surface area contributed by atoms with Gasteiger partial charge in [-0.05, 0) is 38.0 Å². The van der Waals surface area contributed by atoms with Crippen LogP contribution in [0.3, 0.4) is 0 Å². The lowest BCUT2D eigenvalue weighted by Crippen LogP contribution is -2.30. The molecule has 0 aliphatic carbocycles. The fourth-order valence-corrected chi connectivity index (χ4v) is 1.93. The van der Waals surface area contributed by atoms with Crippen molar-refractivity contribution in [3.8, 4) is 18.1 Å². The van der Waals surface area contributed by atoms with Gasteiger partial charge in [-0.15, -0.1) is 12.3 Å². The van der Waals surface area contributed by atoms with Crippen molar-refractivity contribution in [2.45, 2.75) is 45.7 Å². The third-order valence-electron chi connectivity index (χ3n) is 3.03. The van der Waals surface area contributed by atoms with E-state index in [9.17, 15) is 0 Å². The first-order valence-electron chi connectivity index (χ1n) is 6.63. The molecule has 1 N–H and O–H groups in total. The number of terminal acetylenes is 1. The molecule has 2 heteroatoms. The molecule has 0 amide bonds. The van der Waals surface area contributed by atoms with Gasteiger partial charge < -0.3 is 10.1 Å². The van der Waals surface area contributed by atoms with Crippen LogP contribution in [-0.2, 0) is 0 Å². The summed E-state index contributed by atoms with van der Waals surface area (Å²) < 4.78 is 5.43. The number of rotatable bonds is 7. The third kappa shape index (κ3) is 4.43. The van der Waals surface area contributed by atoms with Crippen LogP contribution in [0.15, 0.2) is 24.3 Å². The molecule has 0 aliphatic heterocycles. The summed E-state index contributed by atoms with van der Waals surface area (Å²) in [5, 5.41) is 3.55. The van der Waals surface area contributed by atoms with Gasteiger partial charge in [0, 0.05) is 18.5 Å². The van der Waals surface area contributed by atoms with Crippen molar-refractivity contribution < 1.29 is 4.74 Å². The zero-order chi connectivity index (χ0) is 13.4. The molecule has 0 saturated carbocycles. The highest BCUT2D eigenvalue weighted by molar-refractivity contribution is 5.29. The molecule has 0 spiro atoms. The Bertz CT molecular complexity index is 377. The zero-order valence-corrected chi connectivity index (χ0v) is 11.6. The summed E-state index contributed by atoms with van der Waals surface area (Å²) in [7, 11) is 0. The van der Waals surface area contributed by atoms with Gasteiger partial charge in [0.2, 0.25) is 0 Å². The quantitative estimate of drug-likeness (QED) is 0.742. The van der Waals surface area contributed by atoms with Crippen molar-refractivity contribution in [2.24, 2.45) is 0 Å². The van der Waals surface area contributed by atoms with E-state index in [4.69, 9.17) is 11.2 Å². The Balaban J connectivity index is 2.60. The molecule has 0 aromatic heterocycles. The van der Waals surface area contributed by atoms with Crippen LogP contribution in [0, 0.1) is 12.3 Å². The minimum absolute atomic E-state index is 0.305. The predicted octanol–water partition coefficient (Wildman–Crippen LogP) is 3.54. The van der Waals surface area contributed by atoms with Crippen molar-refractivity contribution in [3.05, 3.63) is 29.8 Å². The SMILES string of the molecule is C#CCC(CC)NC(C)c1ccc(OCC)cc1. The summed E-state index contributed by atoms with van der Waals surface area (Å²) in [6, 6.07) is 8.92. The molecule has 1 aromatic carbocycles. The smallest absolute Gasteiger partial charge is 0.119 e. The maximum Gasteiger partial charge on any atom is 0.119 e. The van der Waals surface area contributed by atoms with Crippen LogP contribution in [-0.4, -0.2) is 12.6 Å². The van der Waals surface area contributed by atoms with Gasteiger partial charge in [-0.2, -0.15) is 0 Å². The van der Waals surface area contributed by atoms with Crippen LogP contribution in [0.5, 0.6) is 5.75 Å². The molecule has 0 saturated heterocycles. The molecule has 0 radical (unpaired) electrons. The van der Waals surface area contributed by atoms with Gasteiger partial charge in [-0.25, -0.2) is 0 Å². The summed E-state index contributed by atoms with van der Waals surface area (Å²) in [4.78, 5) is 0. The van der Waals surface area contributed by atoms with Gasteiger partial charge in [0.05, 0.1) is 6.61 Å². The van der Waals surface area contributed by atoms with Crippen molar-refractivity contribution in [1.82, 2.24) is 5.32 Å². The Hall–Kier alpha value is -1.46. The second-order valence-electron chi connectivity index (χ2n) is 4.40. The maximum absolute atomic E-state index is 5.43. The summed E-state index contributed by atoms with van der Waals surface area (Å²) in [5.74, 6) is 3.64. The minimum atomic E-state index is 0.305. The van der Waals surface area contributed by atoms with Crippen molar-refractivity contribution in [2.75, 3.05) is 6.61 Å². The van der Waals surface area contributed by atoms with Gasteiger partial charge in [0.25, 0.3) is 0 Å². The molecule has 0 heterocycles. The molecule has 18 heavy (non-hydrogen) atoms. The molecule has 1 aromatic rings. The molecule has 2 atom stereocenters. The number of benzene rings is 1. The summed E-state index contributed by atoms with van der Waals surface area (Å²) in [6.45, 7) is 7.01. The molecule has 98 valence electrons. The first kappa shape index (κ1) is 14.6. The largest absolute Gasteiger partial charge is 0.494 e. The van der Waals surface area contributed by atoms with Gasteiger partial charge in [0.15, 0.2) is 0 Å². The van der Waals surface area contributed by atoms with Gasteiger partial charge in [0.1, 0.15) is 5.75 Å². The van der Waals surface area contributed by atoms with Crippen LogP contribution in [0.2, 0.25) is 0 Å². The number of hydrogen-bond donors (Lipinski definition) is 1. The summed E-state index contributed by atoms with van der Waals surface area (Å²) >= 11 is 0. The second kappa shape index (κ2) is 7.79. The van der Waals surface area contributed by atoms with Gasteiger partial charge in [-0.3, -0.25) is 0 Å².